The van der Waals surface area contributed by atoms with Crippen LogP contribution >= 0.6 is 12.2 Å². The molecule has 9 heteroatoms. The molecule has 4 rings (SSSR count). The second-order valence-corrected chi connectivity index (χ2v) is 9.97. The molecule has 1 saturated heterocycles. The summed E-state index contributed by atoms with van der Waals surface area (Å²) in [6, 6.07) is 8.08. The van der Waals surface area contributed by atoms with Crippen molar-refractivity contribution in [1.29, 1.82) is 0 Å². The number of ether oxygens (including phenoxy) is 1. The molecule has 1 unspecified atom stereocenters. The lowest BCUT2D eigenvalue weighted by Crippen LogP contribution is -2.29. The fraction of sp³-hybridized carbons (Fsp3) is 0.556. The summed E-state index contributed by atoms with van der Waals surface area (Å²) >= 11 is 5.57. The van der Waals surface area contributed by atoms with E-state index in [1.165, 1.54) is 0 Å². The molecule has 0 bridgehead atoms. The molecule has 27 heavy (non-hydrogen) atoms. The Balaban J connectivity index is 1.49. The molecule has 0 spiro atoms. The van der Waals surface area contributed by atoms with E-state index in [9.17, 15) is 8.42 Å². The van der Waals surface area contributed by atoms with Crippen LogP contribution in [0.5, 0.6) is 5.75 Å². The van der Waals surface area contributed by atoms with Crippen LogP contribution < -0.4 is 4.74 Å². The summed E-state index contributed by atoms with van der Waals surface area (Å²) in [4.78, 5) is 2.26. The molecule has 0 amide bonds. The number of hydrogen-bond acceptors (Lipinski definition) is 6. The number of para-hydroxylation sites is 1. The average molecular weight is 409 g/mol. The zero-order valence-corrected chi connectivity index (χ0v) is 17.0. The zero-order chi connectivity index (χ0) is 19.0. The van der Waals surface area contributed by atoms with E-state index in [0.717, 1.165) is 30.2 Å². The summed E-state index contributed by atoms with van der Waals surface area (Å²) < 4.78 is 33.6. The van der Waals surface area contributed by atoms with Gasteiger partial charge in [-0.2, -0.15) is 5.10 Å². The van der Waals surface area contributed by atoms with E-state index < -0.39 is 9.84 Å². The van der Waals surface area contributed by atoms with Gasteiger partial charge >= 0.3 is 0 Å². The molecule has 3 heterocycles. The maximum Gasteiger partial charge on any atom is 0.198 e. The lowest BCUT2D eigenvalue weighted by Gasteiger charge is -2.18. The Morgan fingerprint density at radius 2 is 2.15 bits per heavy atom. The predicted octanol–water partition coefficient (Wildman–Crippen LogP) is 1.78. The van der Waals surface area contributed by atoms with Crippen molar-refractivity contribution in [3.8, 4) is 5.75 Å². The first kappa shape index (κ1) is 18.6. The zero-order valence-electron chi connectivity index (χ0n) is 15.4. The van der Waals surface area contributed by atoms with Crippen molar-refractivity contribution in [2.24, 2.45) is 13.0 Å². The molecule has 0 N–H and O–H groups in total. The van der Waals surface area contributed by atoms with Crippen LogP contribution in [0.1, 0.15) is 17.8 Å². The van der Waals surface area contributed by atoms with Crippen LogP contribution in [0.3, 0.4) is 0 Å². The van der Waals surface area contributed by atoms with Gasteiger partial charge in [-0.15, -0.1) is 0 Å². The highest BCUT2D eigenvalue weighted by molar-refractivity contribution is 7.91. The molecular weight excluding hydrogens is 384 g/mol. The van der Waals surface area contributed by atoms with Crippen molar-refractivity contribution < 1.29 is 13.2 Å². The lowest BCUT2D eigenvalue weighted by atomic mass is 10.1. The average Bonchev–Trinajstić information content (AvgIpc) is 3.00. The number of hydrogen-bond donors (Lipinski definition) is 0. The number of sulfone groups is 1. The van der Waals surface area contributed by atoms with E-state index in [0.29, 0.717) is 30.9 Å². The number of fused-ring (bicyclic) bond motifs is 1. The van der Waals surface area contributed by atoms with Crippen molar-refractivity contribution >= 4 is 22.1 Å². The second kappa shape index (κ2) is 7.37. The first-order valence-corrected chi connectivity index (χ1v) is 11.4. The molecule has 0 aliphatic carbocycles. The van der Waals surface area contributed by atoms with Crippen LogP contribution in [-0.4, -0.2) is 52.3 Å². The Bertz CT molecular complexity index is 996. The molecule has 7 nitrogen and oxygen atoms in total. The van der Waals surface area contributed by atoms with E-state index in [1.807, 2.05) is 34.5 Å². The topological polar surface area (TPSA) is 69.4 Å². The minimum Gasteiger partial charge on any atom is -0.492 e. The first-order valence-electron chi connectivity index (χ1n) is 9.17. The number of aromatic nitrogens is 3. The van der Waals surface area contributed by atoms with Crippen LogP contribution in [-0.2, 0) is 36.5 Å². The Morgan fingerprint density at radius 3 is 2.93 bits per heavy atom. The van der Waals surface area contributed by atoms with E-state index >= 15 is 0 Å². The summed E-state index contributed by atoms with van der Waals surface area (Å²) in [7, 11) is -0.971. The standard InChI is InChI=1S/C18H24N4O3S2/c1-20-17(10-14-6-9-27(23,24)12-14)19-22(18(20)26)13-21-7-8-25-16-5-3-2-4-15(16)11-21/h2-5,14H,6-13H2,1H3. The molecule has 146 valence electrons. The molecule has 1 atom stereocenters. The SMILES string of the molecule is Cn1c(CC2CCS(=O)(=O)C2)nn(CN2CCOc3ccccc3C2)c1=S. The summed E-state index contributed by atoms with van der Waals surface area (Å²) in [5, 5.41) is 4.70. The lowest BCUT2D eigenvalue weighted by molar-refractivity contribution is 0.176. The molecule has 1 aromatic carbocycles. The van der Waals surface area contributed by atoms with Gasteiger partial charge in [-0.05, 0) is 30.6 Å². The Morgan fingerprint density at radius 1 is 1.33 bits per heavy atom. The maximum atomic E-state index is 11.7. The highest BCUT2D eigenvalue weighted by Crippen LogP contribution is 2.24. The third-order valence-electron chi connectivity index (χ3n) is 5.29. The van der Waals surface area contributed by atoms with Crippen LogP contribution in [0, 0.1) is 10.7 Å². The van der Waals surface area contributed by atoms with Gasteiger partial charge in [-0.25, -0.2) is 13.1 Å². The van der Waals surface area contributed by atoms with Gasteiger partial charge in [0.2, 0.25) is 0 Å². The van der Waals surface area contributed by atoms with E-state index in [1.54, 1.807) is 0 Å². The van der Waals surface area contributed by atoms with Crippen LogP contribution in [0.15, 0.2) is 24.3 Å². The van der Waals surface area contributed by atoms with Gasteiger partial charge in [0.15, 0.2) is 14.6 Å². The Hall–Kier alpha value is -1.71. The smallest absolute Gasteiger partial charge is 0.198 e. The Labute approximate surface area is 164 Å². The molecule has 2 aliphatic rings. The molecule has 1 aromatic heterocycles. The van der Waals surface area contributed by atoms with Crippen molar-refractivity contribution in [2.75, 3.05) is 24.7 Å². The van der Waals surface area contributed by atoms with Crippen molar-refractivity contribution in [3.63, 3.8) is 0 Å². The molecular formula is C18H24N4O3S2. The third-order valence-corrected chi connectivity index (χ3v) is 7.62. The molecule has 0 radical (unpaired) electrons. The summed E-state index contributed by atoms with van der Waals surface area (Å²) in [6.45, 7) is 2.80. The van der Waals surface area contributed by atoms with Crippen LogP contribution in [0.2, 0.25) is 0 Å². The van der Waals surface area contributed by atoms with Crippen molar-refractivity contribution in [2.45, 2.75) is 26.1 Å². The molecule has 2 aliphatic heterocycles. The van der Waals surface area contributed by atoms with Gasteiger partial charge in [0.05, 0.1) is 18.2 Å². The largest absolute Gasteiger partial charge is 0.492 e. The molecule has 0 saturated carbocycles. The number of nitrogens with zero attached hydrogens (tertiary/aromatic N) is 4. The minimum absolute atomic E-state index is 0.136. The van der Waals surface area contributed by atoms with Gasteiger partial charge in [0, 0.05) is 32.1 Å². The normalized spacial score (nSPS) is 22.2. The summed E-state index contributed by atoms with van der Waals surface area (Å²) in [5.41, 5.74) is 1.16. The molecule has 2 aromatic rings. The summed E-state index contributed by atoms with van der Waals surface area (Å²) in [6.07, 6.45) is 1.36. The predicted molar refractivity (Wildman–Crippen MR) is 105 cm³/mol. The highest BCUT2D eigenvalue weighted by Gasteiger charge is 2.29. The minimum atomic E-state index is -2.88. The Kier molecular flexibility index (Phi) is 5.09. The van der Waals surface area contributed by atoms with E-state index in [-0.39, 0.29) is 17.4 Å². The van der Waals surface area contributed by atoms with Crippen molar-refractivity contribution in [1.82, 2.24) is 19.2 Å². The monoisotopic (exact) mass is 408 g/mol. The third kappa shape index (κ3) is 4.09. The van der Waals surface area contributed by atoms with Crippen molar-refractivity contribution in [3.05, 3.63) is 40.4 Å². The number of benzene rings is 1. The van der Waals surface area contributed by atoms with E-state index in [2.05, 4.69) is 11.0 Å². The van der Waals surface area contributed by atoms with Crippen LogP contribution in [0.25, 0.3) is 0 Å². The van der Waals surface area contributed by atoms with E-state index in [4.69, 9.17) is 22.1 Å². The quantitative estimate of drug-likeness (QED) is 0.719. The first-order chi connectivity index (χ1) is 12.9. The van der Waals surface area contributed by atoms with Gasteiger partial charge in [-0.3, -0.25) is 4.90 Å². The van der Waals surface area contributed by atoms with Gasteiger partial charge in [0.25, 0.3) is 0 Å². The van der Waals surface area contributed by atoms with Crippen LogP contribution in [0.4, 0.5) is 0 Å². The summed E-state index contributed by atoms with van der Waals surface area (Å²) in [5.74, 6) is 2.47. The maximum absolute atomic E-state index is 11.7. The fourth-order valence-electron chi connectivity index (χ4n) is 3.78. The number of rotatable bonds is 4. The van der Waals surface area contributed by atoms with Gasteiger partial charge in [0.1, 0.15) is 18.2 Å². The molecule has 1 fully saturated rings. The van der Waals surface area contributed by atoms with Gasteiger partial charge < -0.3 is 9.30 Å². The highest BCUT2D eigenvalue weighted by atomic mass is 32.2. The fourth-order valence-corrected chi connectivity index (χ4v) is 5.85. The second-order valence-electron chi connectivity index (χ2n) is 7.38. The van der Waals surface area contributed by atoms with Gasteiger partial charge in [-0.1, -0.05) is 18.2 Å².